The van der Waals surface area contributed by atoms with Gasteiger partial charge in [0.15, 0.2) is 0 Å². The summed E-state index contributed by atoms with van der Waals surface area (Å²) in [6, 6.07) is 14.1. The summed E-state index contributed by atoms with van der Waals surface area (Å²) >= 11 is 0. The fourth-order valence-electron chi connectivity index (χ4n) is 3.22. The van der Waals surface area contributed by atoms with Crippen molar-refractivity contribution in [2.45, 2.75) is 19.9 Å². The van der Waals surface area contributed by atoms with E-state index in [0.717, 1.165) is 22.6 Å². The molecule has 148 valence electrons. The molecular weight excluding hydrogens is 371 g/mol. The maximum absolute atomic E-state index is 13.4. The Hall–Kier alpha value is -3.45. The molecule has 0 radical (unpaired) electrons. The molecule has 2 aromatic carbocycles. The largest absolute Gasteiger partial charge is 0.396 e. The number of benzene rings is 2. The molecule has 1 aromatic heterocycles. The first-order chi connectivity index (χ1) is 14.0. The lowest BCUT2D eigenvalue weighted by atomic mass is 10.1. The van der Waals surface area contributed by atoms with Crippen molar-refractivity contribution in [3.63, 3.8) is 0 Å². The van der Waals surface area contributed by atoms with Gasteiger partial charge in [0.2, 0.25) is 5.91 Å². The van der Waals surface area contributed by atoms with E-state index < -0.39 is 0 Å². The number of imidazole rings is 1. The molecule has 0 unspecified atom stereocenters. The van der Waals surface area contributed by atoms with E-state index in [1.807, 2.05) is 35.8 Å². The fraction of sp³-hybridized carbons (Fsp3) is 0.182. The first-order valence-corrected chi connectivity index (χ1v) is 9.34. The number of nitrogens with one attached hydrogen (secondary N) is 1. The number of halogens is 1. The van der Waals surface area contributed by atoms with Crippen molar-refractivity contribution in [3.05, 3.63) is 71.9 Å². The molecule has 0 aliphatic carbocycles. The third-order valence-electron chi connectivity index (χ3n) is 4.77. The molecule has 2 heterocycles. The van der Waals surface area contributed by atoms with Crippen LogP contribution >= 0.6 is 0 Å². The summed E-state index contributed by atoms with van der Waals surface area (Å²) in [6.45, 7) is 2.12. The number of aliphatic hydroxyl groups is 1. The number of carbonyl (C=O) groups is 1. The van der Waals surface area contributed by atoms with Crippen LogP contribution in [0.15, 0.2) is 54.7 Å². The first kappa shape index (κ1) is 18.9. The summed E-state index contributed by atoms with van der Waals surface area (Å²) in [7, 11) is 0. The highest BCUT2D eigenvalue weighted by atomic mass is 19.1. The Kier molecular flexibility index (Phi) is 5.14. The van der Waals surface area contributed by atoms with Crippen LogP contribution in [-0.4, -0.2) is 32.1 Å². The van der Waals surface area contributed by atoms with Gasteiger partial charge in [0, 0.05) is 23.7 Å². The number of aliphatic hydroxyl groups excluding tert-OH is 1. The van der Waals surface area contributed by atoms with E-state index >= 15 is 0 Å². The number of rotatable bonds is 5. The number of anilines is 2. The number of nitrogens with zero attached hydrogens (tertiary/aromatic N) is 3. The molecule has 0 atom stereocenters. The predicted molar refractivity (Wildman–Crippen MR) is 110 cm³/mol. The van der Waals surface area contributed by atoms with Crippen LogP contribution in [0.25, 0.3) is 17.5 Å². The van der Waals surface area contributed by atoms with Crippen molar-refractivity contribution in [2.75, 3.05) is 11.9 Å². The Labute approximate surface area is 167 Å². The van der Waals surface area contributed by atoms with Crippen molar-refractivity contribution in [1.82, 2.24) is 14.5 Å². The molecule has 6 nitrogen and oxygen atoms in total. The van der Waals surface area contributed by atoms with E-state index in [9.17, 15) is 9.18 Å². The molecule has 0 bridgehead atoms. The Morgan fingerprint density at radius 3 is 2.55 bits per heavy atom. The van der Waals surface area contributed by atoms with Crippen LogP contribution in [0.5, 0.6) is 0 Å². The van der Waals surface area contributed by atoms with Crippen LogP contribution in [0, 0.1) is 12.7 Å². The second kappa shape index (κ2) is 7.89. The molecular formula is C22H21FN4O2. The quantitative estimate of drug-likeness (QED) is 0.691. The standard InChI is InChI=1S/C22H21FN4O2/c1-15-2-8-18(9-3-15)24-22-21(16-4-6-17(23)7-5-16)25-19-14-26(11-12-27(19)22)20(29)10-13-28/h2-9,11-12,24,28H,10,13-14H2,1H3. The van der Waals surface area contributed by atoms with E-state index in [1.54, 1.807) is 24.5 Å². The Bertz CT molecular complexity index is 1060. The molecule has 4 rings (SSSR count). The lowest BCUT2D eigenvalue weighted by molar-refractivity contribution is -0.129. The predicted octanol–water partition coefficient (Wildman–Crippen LogP) is 3.89. The zero-order chi connectivity index (χ0) is 20.4. The van der Waals surface area contributed by atoms with Gasteiger partial charge >= 0.3 is 0 Å². The average Bonchev–Trinajstić information content (AvgIpc) is 3.08. The molecule has 0 saturated carbocycles. The number of fused-ring (bicyclic) bond motifs is 1. The molecule has 1 amide bonds. The minimum Gasteiger partial charge on any atom is -0.396 e. The smallest absolute Gasteiger partial charge is 0.229 e. The molecule has 7 heteroatoms. The Balaban J connectivity index is 1.75. The zero-order valence-corrected chi connectivity index (χ0v) is 16.0. The second-order valence-electron chi connectivity index (χ2n) is 6.89. The van der Waals surface area contributed by atoms with Crippen LogP contribution in [0.1, 0.15) is 17.8 Å². The van der Waals surface area contributed by atoms with Crippen LogP contribution in [-0.2, 0) is 11.3 Å². The van der Waals surface area contributed by atoms with Crippen molar-refractivity contribution in [3.8, 4) is 11.3 Å². The summed E-state index contributed by atoms with van der Waals surface area (Å²) in [4.78, 5) is 18.4. The van der Waals surface area contributed by atoms with Crippen molar-refractivity contribution >= 4 is 23.6 Å². The highest BCUT2D eigenvalue weighted by Gasteiger charge is 2.24. The normalized spacial score (nSPS) is 12.7. The van der Waals surface area contributed by atoms with Gasteiger partial charge in [-0.05, 0) is 43.3 Å². The minimum absolute atomic E-state index is 0.0599. The molecule has 1 aliphatic rings. The number of aryl methyl sites for hydroxylation is 1. The summed E-state index contributed by atoms with van der Waals surface area (Å²) in [5.41, 5.74) is 3.49. The Morgan fingerprint density at radius 1 is 1.14 bits per heavy atom. The van der Waals surface area contributed by atoms with Gasteiger partial charge in [-0.3, -0.25) is 9.36 Å². The summed E-state index contributed by atoms with van der Waals surface area (Å²) in [6.07, 6.45) is 3.51. The van der Waals surface area contributed by atoms with Gasteiger partial charge in [0.1, 0.15) is 23.2 Å². The van der Waals surface area contributed by atoms with Crippen molar-refractivity contribution < 1.29 is 14.3 Å². The third kappa shape index (κ3) is 3.90. The average molecular weight is 392 g/mol. The number of hydrogen-bond acceptors (Lipinski definition) is 4. The van der Waals surface area contributed by atoms with E-state index in [-0.39, 0.29) is 24.8 Å². The van der Waals surface area contributed by atoms with Crippen LogP contribution in [0.2, 0.25) is 0 Å². The number of carbonyl (C=O) groups excluding carboxylic acids is 1. The minimum atomic E-state index is -0.313. The third-order valence-corrected chi connectivity index (χ3v) is 4.77. The van der Waals surface area contributed by atoms with Gasteiger partial charge in [-0.1, -0.05) is 17.7 Å². The van der Waals surface area contributed by atoms with Crippen molar-refractivity contribution in [1.29, 1.82) is 0 Å². The second-order valence-corrected chi connectivity index (χ2v) is 6.89. The van der Waals surface area contributed by atoms with E-state index in [4.69, 9.17) is 10.1 Å². The lowest BCUT2D eigenvalue weighted by Gasteiger charge is -2.22. The van der Waals surface area contributed by atoms with Crippen LogP contribution in [0.4, 0.5) is 15.9 Å². The van der Waals surface area contributed by atoms with Gasteiger partial charge in [-0.15, -0.1) is 0 Å². The molecule has 0 saturated heterocycles. The zero-order valence-electron chi connectivity index (χ0n) is 16.0. The van der Waals surface area contributed by atoms with Gasteiger partial charge < -0.3 is 15.3 Å². The molecule has 0 spiro atoms. The van der Waals surface area contributed by atoms with Gasteiger partial charge in [0.25, 0.3) is 0 Å². The molecule has 29 heavy (non-hydrogen) atoms. The van der Waals surface area contributed by atoms with Crippen LogP contribution in [0.3, 0.4) is 0 Å². The Morgan fingerprint density at radius 2 is 1.86 bits per heavy atom. The van der Waals surface area contributed by atoms with E-state index in [0.29, 0.717) is 18.1 Å². The van der Waals surface area contributed by atoms with Gasteiger partial charge in [0.05, 0.1) is 19.6 Å². The summed E-state index contributed by atoms with van der Waals surface area (Å²) in [5.74, 6) is 0.925. The molecule has 0 fully saturated rings. The highest BCUT2D eigenvalue weighted by molar-refractivity contribution is 5.81. The summed E-state index contributed by atoms with van der Waals surface area (Å²) < 4.78 is 15.3. The fourth-order valence-corrected chi connectivity index (χ4v) is 3.22. The number of amides is 1. The first-order valence-electron chi connectivity index (χ1n) is 9.34. The van der Waals surface area contributed by atoms with Gasteiger partial charge in [-0.2, -0.15) is 0 Å². The molecule has 1 aliphatic heterocycles. The van der Waals surface area contributed by atoms with Crippen molar-refractivity contribution in [2.24, 2.45) is 0 Å². The molecule has 2 N–H and O–H groups in total. The SMILES string of the molecule is Cc1ccc(Nc2c(-c3ccc(F)cc3)nc3n2C=CN(C(=O)CCO)C3)cc1. The maximum atomic E-state index is 13.4. The van der Waals surface area contributed by atoms with Gasteiger partial charge in [-0.25, -0.2) is 9.37 Å². The number of aromatic nitrogens is 2. The van der Waals surface area contributed by atoms with Crippen LogP contribution < -0.4 is 5.32 Å². The lowest BCUT2D eigenvalue weighted by Crippen LogP contribution is -2.29. The molecule has 3 aromatic rings. The van der Waals surface area contributed by atoms with E-state index in [1.165, 1.54) is 17.0 Å². The summed E-state index contributed by atoms with van der Waals surface area (Å²) in [5, 5.41) is 12.4. The number of hydrogen-bond donors (Lipinski definition) is 2. The van der Waals surface area contributed by atoms with E-state index in [2.05, 4.69) is 5.32 Å². The topological polar surface area (TPSA) is 70.4 Å². The monoisotopic (exact) mass is 392 g/mol. The highest BCUT2D eigenvalue weighted by Crippen LogP contribution is 2.33. The maximum Gasteiger partial charge on any atom is 0.229 e.